The van der Waals surface area contributed by atoms with Crippen molar-refractivity contribution in [3.05, 3.63) is 36.2 Å². The van der Waals surface area contributed by atoms with Crippen molar-refractivity contribution in [2.75, 3.05) is 31.1 Å². The standard InChI is InChI=1S/C19H23N7O2/c1-13(2)28-15-6-4-14(5-7-15)19(27)26-10-8-25(9-11-26)18-16-17(20-12-21-18)24(3)23-22-16/h4-7,12-13H,8-11H2,1-3H3. The Morgan fingerprint density at radius 2 is 1.79 bits per heavy atom. The molecule has 0 N–H and O–H groups in total. The second-order valence-electron chi connectivity index (χ2n) is 7.05. The summed E-state index contributed by atoms with van der Waals surface area (Å²) in [5.41, 5.74) is 2.06. The van der Waals surface area contributed by atoms with Crippen LogP contribution < -0.4 is 9.64 Å². The minimum Gasteiger partial charge on any atom is -0.491 e. The lowest BCUT2D eigenvalue weighted by Crippen LogP contribution is -2.49. The van der Waals surface area contributed by atoms with Crippen molar-refractivity contribution in [3.63, 3.8) is 0 Å². The molecule has 146 valence electrons. The zero-order chi connectivity index (χ0) is 19.7. The van der Waals surface area contributed by atoms with Crippen LogP contribution >= 0.6 is 0 Å². The van der Waals surface area contributed by atoms with Gasteiger partial charge in [-0.15, -0.1) is 5.10 Å². The molecule has 1 aliphatic heterocycles. The van der Waals surface area contributed by atoms with Crippen LogP contribution in [0.1, 0.15) is 24.2 Å². The number of aromatic nitrogens is 5. The fraction of sp³-hybridized carbons (Fsp3) is 0.421. The first-order chi connectivity index (χ1) is 13.5. The number of carbonyl (C=O) groups is 1. The van der Waals surface area contributed by atoms with Gasteiger partial charge in [0.2, 0.25) is 0 Å². The molecule has 0 atom stereocenters. The molecule has 0 unspecified atom stereocenters. The molecule has 1 aliphatic rings. The van der Waals surface area contributed by atoms with Crippen LogP contribution in [-0.4, -0.2) is 68.1 Å². The van der Waals surface area contributed by atoms with Gasteiger partial charge in [0, 0.05) is 38.8 Å². The number of hydrogen-bond acceptors (Lipinski definition) is 7. The van der Waals surface area contributed by atoms with Crippen molar-refractivity contribution in [2.24, 2.45) is 7.05 Å². The zero-order valence-corrected chi connectivity index (χ0v) is 16.2. The van der Waals surface area contributed by atoms with Crippen molar-refractivity contribution in [2.45, 2.75) is 20.0 Å². The van der Waals surface area contributed by atoms with Crippen LogP contribution in [0.15, 0.2) is 30.6 Å². The third kappa shape index (κ3) is 3.47. The van der Waals surface area contributed by atoms with Crippen molar-refractivity contribution >= 4 is 22.9 Å². The summed E-state index contributed by atoms with van der Waals surface area (Å²) in [6.45, 7) is 6.56. The van der Waals surface area contributed by atoms with E-state index in [1.54, 1.807) is 11.7 Å². The number of amides is 1. The van der Waals surface area contributed by atoms with Gasteiger partial charge in [-0.3, -0.25) is 4.79 Å². The van der Waals surface area contributed by atoms with Crippen LogP contribution in [0.5, 0.6) is 5.75 Å². The molecule has 1 fully saturated rings. The summed E-state index contributed by atoms with van der Waals surface area (Å²) in [6, 6.07) is 7.32. The van der Waals surface area contributed by atoms with Gasteiger partial charge in [-0.1, -0.05) is 5.21 Å². The van der Waals surface area contributed by atoms with Gasteiger partial charge in [0.15, 0.2) is 17.0 Å². The zero-order valence-electron chi connectivity index (χ0n) is 16.2. The summed E-state index contributed by atoms with van der Waals surface area (Å²) in [4.78, 5) is 25.4. The molecule has 9 nitrogen and oxygen atoms in total. The van der Waals surface area contributed by atoms with Crippen molar-refractivity contribution in [1.82, 2.24) is 29.9 Å². The Bertz CT molecular complexity index is 976. The molecule has 0 saturated carbocycles. The molecular formula is C19H23N7O2. The van der Waals surface area contributed by atoms with E-state index in [-0.39, 0.29) is 12.0 Å². The van der Waals surface area contributed by atoms with Gasteiger partial charge in [0.05, 0.1) is 6.10 Å². The summed E-state index contributed by atoms with van der Waals surface area (Å²) in [7, 11) is 1.81. The molecular weight excluding hydrogens is 358 g/mol. The van der Waals surface area contributed by atoms with Gasteiger partial charge in [-0.2, -0.15) is 0 Å². The number of aryl methyl sites for hydroxylation is 1. The number of anilines is 1. The number of nitrogens with zero attached hydrogens (tertiary/aromatic N) is 7. The minimum absolute atomic E-state index is 0.0306. The average Bonchev–Trinajstić information content (AvgIpc) is 3.09. The molecule has 3 aromatic rings. The molecule has 0 spiro atoms. The fourth-order valence-electron chi connectivity index (χ4n) is 3.32. The molecule has 0 radical (unpaired) electrons. The third-order valence-corrected chi connectivity index (χ3v) is 4.71. The molecule has 4 rings (SSSR count). The number of benzene rings is 1. The van der Waals surface area contributed by atoms with Crippen molar-refractivity contribution in [1.29, 1.82) is 0 Å². The predicted octanol–water partition coefficient (Wildman–Crippen LogP) is 1.51. The molecule has 2 aromatic heterocycles. The summed E-state index contributed by atoms with van der Waals surface area (Å²) >= 11 is 0. The first kappa shape index (κ1) is 18.1. The smallest absolute Gasteiger partial charge is 0.253 e. The van der Waals surface area contributed by atoms with Gasteiger partial charge in [0.25, 0.3) is 5.91 Å². The topological polar surface area (TPSA) is 89.3 Å². The van der Waals surface area contributed by atoms with Crippen molar-refractivity contribution < 1.29 is 9.53 Å². The maximum absolute atomic E-state index is 12.8. The number of rotatable bonds is 4. The van der Waals surface area contributed by atoms with Gasteiger partial charge in [-0.05, 0) is 38.1 Å². The first-order valence-corrected chi connectivity index (χ1v) is 9.34. The lowest BCUT2D eigenvalue weighted by molar-refractivity contribution is 0.0746. The number of carbonyl (C=O) groups excluding carboxylic acids is 1. The lowest BCUT2D eigenvalue weighted by atomic mass is 10.1. The predicted molar refractivity (Wildman–Crippen MR) is 104 cm³/mol. The van der Waals surface area contributed by atoms with Crippen LogP contribution in [0.25, 0.3) is 11.2 Å². The lowest BCUT2D eigenvalue weighted by Gasteiger charge is -2.35. The number of piperazine rings is 1. The van der Waals surface area contributed by atoms with Crippen LogP contribution in [0.3, 0.4) is 0 Å². The second-order valence-corrected chi connectivity index (χ2v) is 7.05. The van der Waals surface area contributed by atoms with E-state index in [2.05, 4.69) is 25.2 Å². The highest BCUT2D eigenvalue weighted by Crippen LogP contribution is 2.22. The van der Waals surface area contributed by atoms with Gasteiger partial charge in [0.1, 0.15) is 12.1 Å². The highest BCUT2D eigenvalue weighted by molar-refractivity contribution is 5.94. The number of fused-ring (bicyclic) bond motifs is 1. The van der Waals surface area contributed by atoms with E-state index in [1.807, 2.05) is 43.0 Å². The van der Waals surface area contributed by atoms with Crippen LogP contribution in [0, 0.1) is 0 Å². The normalized spacial score (nSPS) is 14.7. The summed E-state index contributed by atoms with van der Waals surface area (Å²) in [5.74, 6) is 1.57. The van der Waals surface area contributed by atoms with E-state index in [9.17, 15) is 4.79 Å². The second kappa shape index (κ2) is 7.41. The van der Waals surface area contributed by atoms with E-state index >= 15 is 0 Å². The van der Waals surface area contributed by atoms with Crippen LogP contribution in [-0.2, 0) is 7.05 Å². The van der Waals surface area contributed by atoms with E-state index in [4.69, 9.17) is 4.74 Å². The Labute approximate surface area is 162 Å². The SMILES string of the molecule is CC(C)Oc1ccc(C(=O)N2CCN(c3ncnc4c3nnn4C)CC2)cc1. The Morgan fingerprint density at radius 1 is 1.07 bits per heavy atom. The maximum atomic E-state index is 12.8. The van der Waals surface area contributed by atoms with Crippen LogP contribution in [0.2, 0.25) is 0 Å². The third-order valence-electron chi connectivity index (χ3n) is 4.71. The molecule has 9 heteroatoms. The number of ether oxygens (including phenoxy) is 1. The first-order valence-electron chi connectivity index (χ1n) is 9.34. The van der Waals surface area contributed by atoms with E-state index in [0.29, 0.717) is 42.9 Å². The Morgan fingerprint density at radius 3 is 2.46 bits per heavy atom. The molecule has 0 bridgehead atoms. The molecule has 3 heterocycles. The molecule has 1 aromatic carbocycles. The van der Waals surface area contributed by atoms with E-state index in [1.165, 1.54) is 6.33 Å². The fourth-order valence-corrected chi connectivity index (χ4v) is 3.32. The quantitative estimate of drug-likeness (QED) is 0.677. The van der Waals surface area contributed by atoms with Crippen molar-refractivity contribution in [3.8, 4) is 5.75 Å². The molecule has 0 aliphatic carbocycles. The summed E-state index contributed by atoms with van der Waals surface area (Å²) in [5, 5.41) is 8.20. The summed E-state index contributed by atoms with van der Waals surface area (Å²) < 4.78 is 7.27. The average molecular weight is 381 g/mol. The van der Waals surface area contributed by atoms with Crippen LogP contribution in [0.4, 0.5) is 5.82 Å². The Balaban J connectivity index is 1.43. The summed E-state index contributed by atoms with van der Waals surface area (Å²) in [6.07, 6.45) is 1.64. The van der Waals surface area contributed by atoms with Gasteiger partial charge < -0.3 is 14.5 Å². The molecule has 1 amide bonds. The van der Waals surface area contributed by atoms with Gasteiger partial charge >= 0.3 is 0 Å². The molecule has 28 heavy (non-hydrogen) atoms. The van der Waals surface area contributed by atoms with E-state index in [0.717, 1.165) is 11.6 Å². The van der Waals surface area contributed by atoms with Gasteiger partial charge in [-0.25, -0.2) is 14.6 Å². The Kier molecular flexibility index (Phi) is 4.81. The molecule has 1 saturated heterocycles. The van der Waals surface area contributed by atoms with E-state index < -0.39 is 0 Å². The monoisotopic (exact) mass is 381 g/mol. The highest BCUT2D eigenvalue weighted by atomic mass is 16.5. The number of hydrogen-bond donors (Lipinski definition) is 0. The largest absolute Gasteiger partial charge is 0.491 e. The Hall–Kier alpha value is -3.23. The maximum Gasteiger partial charge on any atom is 0.253 e. The highest BCUT2D eigenvalue weighted by Gasteiger charge is 2.25. The minimum atomic E-state index is 0.0306.